The van der Waals surface area contributed by atoms with Gasteiger partial charge in [-0.15, -0.1) is 0 Å². The molecular weight excluding hydrogens is 385 g/mol. The molecule has 2 aliphatic rings. The monoisotopic (exact) mass is 404 g/mol. The van der Waals surface area contributed by atoms with Crippen LogP contribution in [0.1, 0.15) is 24.5 Å². The predicted octanol–water partition coefficient (Wildman–Crippen LogP) is 2.68. The Labute approximate surface area is 164 Å². The summed E-state index contributed by atoms with van der Waals surface area (Å²) in [4.78, 5) is 8.37. The minimum atomic E-state index is -1.18. The van der Waals surface area contributed by atoms with Crippen molar-refractivity contribution in [2.45, 2.75) is 31.0 Å². The molecule has 0 radical (unpaired) electrons. The zero-order valence-corrected chi connectivity index (χ0v) is 15.6. The zero-order chi connectivity index (χ0) is 20.1. The molecule has 1 saturated carbocycles. The minimum absolute atomic E-state index is 0.109. The molecule has 5 rings (SSSR count). The predicted molar refractivity (Wildman–Crippen MR) is 99.8 cm³/mol. The zero-order valence-electron chi connectivity index (χ0n) is 15.6. The highest BCUT2D eigenvalue weighted by Gasteiger charge is 2.31. The summed E-state index contributed by atoms with van der Waals surface area (Å²) >= 11 is 0. The Bertz CT molecular complexity index is 1080. The van der Waals surface area contributed by atoms with Gasteiger partial charge in [-0.25, -0.2) is 27.7 Å². The van der Waals surface area contributed by atoms with E-state index in [1.54, 1.807) is 13.2 Å². The number of nitrogens with zero attached hydrogens (tertiary/aromatic N) is 4. The third-order valence-electron chi connectivity index (χ3n) is 5.30. The number of anilines is 1. The van der Waals surface area contributed by atoms with Gasteiger partial charge in [-0.1, -0.05) is 0 Å². The molecule has 2 atom stereocenters. The standard InChI is InChI=1S/C19H19F3N6O/c1-29-15-5-16-24-8-14(28(16)27-17(15)9-2-3-9)18-10(20)4-11(21)19(26-18)25-13-7-23-6-12(13)22/h4-5,8-9,12-13,23H,2-3,6-7H2,1H3,(H,25,26). The summed E-state index contributed by atoms with van der Waals surface area (Å²) in [6, 6.07) is 1.84. The molecule has 7 nitrogen and oxygen atoms in total. The number of ether oxygens (including phenoxy) is 1. The molecule has 2 unspecified atom stereocenters. The highest BCUT2D eigenvalue weighted by molar-refractivity contribution is 5.63. The van der Waals surface area contributed by atoms with E-state index in [0.717, 1.165) is 24.6 Å². The number of aromatic nitrogens is 4. The van der Waals surface area contributed by atoms with Gasteiger partial charge in [0, 0.05) is 31.1 Å². The second kappa shape index (κ2) is 6.87. The average molecular weight is 404 g/mol. The third-order valence-corrected chi connectivity index (χ3v) is 5.30. The average Bonchev–Trinajstić information content (AvgIpc) is 3.36. The number of alkyl halides is 1. The maximum absolute atomic E-state index is 14.6. The van der Waals surface area contributed by atoms with Crippen LogP contribution in [0.5, 0.6) is 5.75 Å². The molecule has 10 heteroatoms. The van der Waals surface area contributed by atoms with Gasteiger partial charge in [-0.2, -0.15) is 5.10 Å². The highest BCUT2D eigenvalue weighted by Crippen LogP contribution is 2.43. The van der Waals surface area contributed by atoms with Gasteiger partial charge in [-0.3, -0.25) is 0 Å². The summed E-state index contributed by atoms with van der Waals surface area (Å²) in [6.07, 6.45) is 2.27. The third kappa shape index (κ3) is 3.17. The molecule has 3 aromatic rings. The fourth-order valence-corrected chi connectivity index (χ4v) is 3.59. The van der Waals surface area contributed by atoms with Crippen LogP contribution in [0.15, 0.2) is 18.3 Å². The van der Waals surface area contributed by atoms with Crippen molar-refractivity contribution in [1.29, 1.82) is 0 Å². The maximum atomic E-state index is 14.6. The molecule has 1 aliphatic carbocycles. The van der Waals surface area contributed by atoms with Gasteiger partial charge in [0.25, 0.3) is 0 Å². The first-order valence-corrected chi connectivity index (χ1v) is 9.45. The molecule has 2 N–H and O–H groups in total. The van der Waals surface area contributed by atoms with Gasteiger partial charge in [0.15, 0.2) is 23.1 Å². The topological polar surface area (TPSA) is 76.4 Å². The van der Waals surface area contributed by atoms with E-state index in [-0.39, 0.29) is 23.8 Å². The number of rotatable bonds is 5. The normalized spacial score (nSPS) is 21.7. The SMILES string of the molecule is COc1cc2ncc(-c3nc(NC4CNCC4F)c(F)cc3F)n2nc1C1CC1. The number of fused-ring (bicyclic) bond motifs is 1. The smallest absolute Gasteiger partial charge is 0.168 e. The summed E-state index contributed by atoms with van der Waals surface area (Å²) in [5, 5.41) is 10.2. The lowest BCUT2D eigenvalue weighted by atomic mass is 10.2. The van der Waals surface area contributed by atoms with Crippen molar-refractivity contribution >= 4 is 11.5 Å². The number of halogens is 3. The van der Waals surface area contributed by atoms with Crippen LogP contribution in [0.3, 0.4) is 0 Å². The van der Waals surface area contributed by atoms with Crippen LogP contribution in [-0.4, -0.2) is 52.0 Å². The Morgan fingerprint density at radius 2 is 2.03 bits per heavy atom. The van der Waals surface area contributed by atoms with Crippen LogP contribution in [0, 0.1) is 11.6 Å². The van der Waals surface area contributed by atoms with E-state index < -0.39 is 23.8 Å². The van der Waals surface area contributed by atoms with Crippen molar-refractivity contribution in [3.8, 4) is 17.1 Å². The van der Waals surface area contributed by atoms with E-state index >= 15 is 0 Å². The molecule has 4 heterocycles. The van der Waals surface area contributed by atoms with Gasteiger partial charge in [0.05, 0.1) is 19.3 Å². The van der Waals surface area contributed by atoms with E-state index in [1.807, 2.05) is 0 Å². The molecule has 0 bridgehead atoms. The molecule has 0 amide bonds. The van der Waals surface area contributed by atoms with E-state index in [9.17, 15) is 13.2 Å². The van der Waals surface area contributed by atoms with Crippen molar-refractivity contribution in [1.82, 2.24) is 24.9 Å². The summed E-state index contributed by atoms with van der Waals surface area (Å²) in [5.74, 6) is -1.00. The van der Waals surface area contributed by atoms with Gasteiger partial charge in [-0.05, 0) is 12.8 Å². The highest BCUT2D eigenvalue weighted by atomic mass is 19.1. The summed E-state index contributed by atoms with van der Waals surface area (Å²) in [6.45, 7) is 0.507. The Hall–Kier alpha value is -2.88. The number of nitrogens with one attached hydrogen (secondary N) is 2. The summed E-state index contributed by atoms with van der Waals surface area (Å²) < 4.78 is 49.7. The van der Waals surface area contributed by atoms with Crippen LogP contribution in [0.2, 0.25) is 0 Å². The van der Waals surface area contributed by atoms with Crippen LogP contribution >= 0.6 is 0 Å². The minimum Gasteiger partial charge on any atom is -0.495 e. The van der Waals surface area contributed by atoms with Crippen molar-refractivity contribution in [3.63, 3.8) is 0 Å². The lowest BCUT2D eigenvalue weighted by Crippen LogP contribution is -2.30. The lowest BCUT2D eigenvalue weighted by Gasteiger charge is -2.16. The first-order chi connectivity index (χ1) is 14.0. The van der Waals surface area contributed by atoms with Crippen molar-refractivity contribution in [2.24, 2.45) is 0 Å². The van der Waals surface area contributed by atoms with Crippen LogP contribution < -0.4 is 15.4 Å². The molecule has 29 heavy (non-hydrogen) atoms. The van der Waals surface area contributed by atoms with Crippen LogP contribution in [0.4, 0.5) is 19.0 Å². The molecule has 0 spiro atoms. The first kappa shape index (κ1) is 18.2. The summed E-state index contributed by atoms with van der Waals surface area (Å²) in [7, 11) is 1.57. The van der Waals surface area contributed by atoms with Gasteiger partial charge >= 0.3 is 0 Å². The van der Waals surface area contributed by atoms with E-state index in [4.69, 9.17) is 4.74 Å². The molecule has 1 aliphatic heterocycles. The fourth-order valence-electron chi connectivity index (χ4n) is 3.59. The van der Waals surface area contributed by atoms with Crippen molar-refractivity contribution in [2.75, 3.05) is 25.5 Å². The van der Waals surface area contributed by atoms with Gasteiger partial charge in [0.1, 0.15) is 29.0 Å². The Morgan fingerprint density at radius 1 is 1.21 bits per heavy atom. The quantitative estimate of drug-likeness (QED) is 0.681. The Kier molecular flexibility index (Phi) is 4.30. The van der Waals surface area contributed by atoms with Crippen molar-refractivity contribution in [3.05, 3.63) is 35.7 Å². The van der Waals surface area contributed by atoms with Crippen LogP contribution in [0.25, 0.3) is 17.0 Å². The lowest BCUT2D eigenvalue weighted by molar-refractivity contribution is 0.341. The molecule has 1 saturated heterocycles. The fraction of sp³-hybridized carbons (Fsp3) is 0.421. The molecular formula is C19H19F3N6O. The van der Waals surface area contributed by atoms with E-state index in [2.05, 4.69) is 25.7 Å². The van der Waals surface area contributed by atoms with Crippen molar-refractivity contribution < 1.29 is 17.9 Å². The number of pyridine rings is 1. The van der Waals surface area contributed by atoms with Gasteiger partial charge in [0.2, 0.25) is 0 Å². The first-order valence-electron chi connectivity index (χ1n) is 9.45. The number of imidazole rings is 1. The number of hydrogen-bond acceptors (Lipinski definition) is 6. The Balaban J connectivity index is 1.59. The van der Waals surface area contributed by atoms with Gasteiger partial charge < -0.3 is 15.4 Å². The molecule has 0 aromatic carbocycles. The van der Waals surface area contributed by atoms with E-state index in [1.165, 1.54) is 10.7 Å². The second-order valence-corrected chi connectivity index (χ2v) is 7.36. The number of methoxy groups -OCH3 is 1. The summed E-state index contributed by atoms with van der Waals surface area (Å²) in [5.41, 5.74) is 1.41. The number of hydrogen-bond donors (Lipinski definition) is 2. The van der Waals surface area contributed by atoms with E-state index in [0.29, 0.717) is 23.9 Å². The Morgan fingerprint density at radius 3 is 2.72 bits per heavy atom. The maximum Gasteiger partial charge on any atom is 0.168 e. The molecule has 152 valence electrons. The second-order valence-electron chi connectivity index (χ2n) is 7.36. The molecule has 3 aromatic heterocycles. The largest absolute Gasteiger partial charge is 0.495 e. The molecule has 2 fully saturated rings. The van der Waals surface area contributed by atoms with Crippen LogP contribution in [-0.2, 0) is 0 Å².